The first-order chi connectivity index (χ1) is 7.13. The molecule has 0 spiro atoms. The summed E-state index contributed by atoms with van der Waals surface area (Å²) in [4.78, 5) is 4.28. The number of nitrogens with one attached hydrogen (secondary N) is 1. The van der Waals surface area contributed by atoms with Crippen molar-refractivity contribution >= 4 is 5.96 Å². The molecule has 0 aliphatic heterocycles. The SMILES string of the molecule is COC1CCCC1NC(N)=NCC(C)C. The molecule has 0 radical (unpaired) electrons. The van der Waals surface area contributed by atoms with Gasteiger partial charge in [0, 0.05) is 13.7 Å². The highest BCUT2D eigenvalue weighted by molar-refractivity contribution is 5.78. The Kier molecular flexibility index (Phi) is 4.88. The summed E-state index contributed by atoms with van der Waals surface area (Å²) in [6, 6.07) is 0.339. The van der Waals surface area contributed by atoms with Gasteiger partial charge in [-0.2, -0.15) is 0 Å². The normalized spacial score (nSPS) is 27.3. The van der Waals surface area contributed by atoms with Gasteiger partial charge >= 0.3 is 0 Å². The summed E-state index contributed by atoms with van der Waals surface area (Å²) < 4.78 is 5.38. The molecule has 0 aromatic heterocycles. The van der Waals surface area contributed by atoms with Crippen LogP contribution in [-0.2, 0) is 4.74 Å². The number of guanidine groups is 1. The van der Waals surface area contributed by atoms with Gasteiger partial charge in [-0.15, -0.1) is 0 Å². The van der Waals surface area contributed by atoms with Crippen LogP contribution < -0.4 is 11.1 Å². The molecular formula is C11H23N3O. The van der Waals surface area contributed by atoms with Crippen LogP contribution in [0.1, 0.15) is 33.1 Å². The molecule has 1 saturated carbocycles. The molecule has 1 aliphatic carbocycles. The summed E-state index contributed by atoms with van der Waals surface area (Å²) in [5.74, 6) is 1.10. The van der Waals surface area contributed by atoms with E-state index in [4.69, 9.17) is 10.5 Å². The number of methoxy groups -OCH3 is 1. The molecule has 3 N–H and O–H groups in total. The van der Waals surface area contributed by atoms with Crippen LogP contribution in [-0.4, -0.2) is 31.8 Å². The number of hydrogen-bond donors (Lipinski definition) is 2. The number of rotatable bonds is 4. The first kappa shape index (κ1) is 12.3. The smallest absolute Gasteiger partial charge is 0.188 e. The second kappa shape index (κ2) is 5.95. The number of nitrogens with zero attached hydrogens (tertiary/aromatic N) is 1. The second-order valence-corrected chi connectivity index (χ2v) is 4.58. The molecule has 0 amide bonds. The summed E-state index contributed by atoms with van der Waals surface area (Å²) >= 11 is 0. The van der Waals surface area contributed by atoms with Crippen molar-refractivity contribution in [1.82, 2.24) is 5.32 Å². The Labute approximate surface area is 92.3 Å². The highest BCUT2D eigenvalue weighted by Crippen LogP contribution is 2.21. The Hall–Kier alpha value is -0.770. The Morgan fingerprint density at radius 2 is 2.27 bits per heavy atom. The van der Waals surface area contributed by atoms with Crippen LogP contribution in [0.5, 0.6) is 0 Å². The maximum absolute atomic E-state index is 5.80. The van der Waals surface area contributed by atoms with Crippen molar-refractivity contribution < 1.29 is 4.74 Å². The number of ether oxygens (including phenoxy) is 1. The van der Waals surface area contributed by atoms with E-state index in [1.54, 1.807) is 7.11 Å². The number of nitrogens with two attached hydrogens (primary N) is 1. The topological polar surface area (TPSA) is 59.6 Å². The van der Waals surface area contributed by atoms with Gasteiger partial charge in [0.2, 0.25) is 0 Å². The lowest BCUT2D eigenvalue weighted by atomic mass is 10.2. The van der Waals surface area contributed by atoms with E-state index in [9.17, 15) is 0 Å². The van der Waals surface area contributed by atoms with Gasteiger partial charge in [-0.1, -0.05) is 13.8 Å². The van der Waals surface area contributed by atoms with Crippen LogP contribution in [0.4, 0.5) is 0 Å². The summed E-state index contributed by atoms with van der Waals surface area (Å²) in [5.41, 5.74) is 5.80. The van der Waals surface area contributed by atoms with Gasteiger partial charge in [0.15, 0.2) is 5.96 Å². The lowest BCUT2D eigenvalue weighted by Crippen LogP contribution is -2.44. The van der Waals surface area contributed by atoms with Crippen molar-refractivity contribution in [2.24, 2.45) is 16.6 Å². The van der Waals surface area contributed by atoms with E-state index < -0.39 is 0 Å². The first-order valence-electron chi connectivity index (χ1n) is 5.72. The van der Waals surface area contributed by atoms with Crippen LogP contribution in [0.3, 0.4) is 0 Å². The zero-order chi connectivity index (χ0) is 11.3. The summed E-state index contributed by atoms with van der Waals surface area (Å²) in [6.45, 7) is 5.04. The van der Waals surface area contributed by atoms with E-state index in [-0.39, 0.29) is 6.10 Å². The van der Waals surface area contributed by atoms with Crippen LogP contribution in [0.25, 0.3) is 0 Å². The average molecular weight is 213 g/mol. The minimum absolute atomic E-state index is 0.290. The van der Waals surface area contributed by atoms with Crippen molar-refractivity contribution in [2.75, 3.05) is 13.7 Å². The minimum Gasteiger partial charge on any atom is -0.379 e. The van der Waals surface area contributed by atoms with Crippen molar-refractivity contribution in [3.05, 3.63) is 0 Å². The molecule has 2 atom stereocenters. The summed E-state index contributed by atoms with van der Waals surface area (Å²) in [7, 11) is 1.76. The van der Waals surface area contributed by atoms with Gasteiger partial charge in [-0.25, -0.2) is 0 Å². The van der Waals surface area contributed by atoms with E-state index >= 15 is 0 Å². The fourth-order valence-electron chi connectivity index (χ4n) is 1.89. The monoisotopic (exact) mass is 213 g/mol. The first-order valence-corrected chi connectivity index (χ1v) is 5.72. The maximum Gasteiger partial charge on any atom is 0.188 e. The molecule has 1 rings (SSSR count). The molecule has 1 fully saturated rings. The number of hydrogen-bond acceptors (Lipinski definition) is 2. The summed E-state index contributed by atoms with van der Waals surface area (Å²) in [5, 5.41) is 3.24. The van der Waals surface area contributed by atoms with Gasteiger partial charge in [0.25, 0.3) is 0 Å². The third kappa shape index (κ3) is 4.08. The Bertz CT molecular complexity index is 216. The molecular weight excluding hydrogens is 190 g/mol. The van der Waals surface area contributed by atoms with Crippen LogP contribution in [0, 0.1) is 5.92 Å². The highest BCUT2D eigenvalue weighted by Gasteiger charge is 2.27. The predicted octanol–water partition coefficient (Wildman–Crippen LogP) is 1.11. The lowest BCUT2D eigenvalue weighted by Gasteiger charge is -2.20. The lowest BCUT2D eigenvalue weighted by molar-refractivity contribution is 0.0906. The van der Waals surface area contributed by atoms with Crippen molar-refractivity contribution in [2.45, 2.75) is 45.3 Å². The van der Waals surface area contributed by atoms with E-state index in [0.717, 1.165) is 19.4 Å². The third-order valence-electron chi connectivity index (χ3n) is 2.72. The molecule has 0 saturated heterocycles. The van der Waals surface area contributed by atoms with E-state index in [1.807, 2.05) is 0 Å². The Morgan fingerprint density at radius 3 is 2.87 bits per heavy atom. The fraction of sp³-hybridized carbons (Fsp3) is 0.909. The number of aliphatic imine (C=N–C) groups is 1. The van der Waals surface area contributed by atoms with E-state index in [0.29, 0.717) is 17.9 Å². The van der Waals surface area contributed by atoms with Crippen molar-refractivity contribution in [3.63, 3.8) is 0 Å². The van der Waals surface area contributed by atoms with Crippen molar-refractivity contribution in [3.8, 4) is 0 Å². The van der Waals surface area contributed by atoms with E-state index in [2.05, 4.69) is 24.2 Å². The predicted molar refractivity (Wildman–Crippen MR) is 62.9 cm³/mol. The molecule has 0 aromatic rings. The molecule has 2 unspecified atom stereocenters. The van der Waals surface area contributed by atoms with Gasteiger partial charge in [0.05, 0.1) is 12.1 Å². The molecule has 15 heavy (non-hydrogen) atoms. The quantitative estimate of drug-likeness (QED) is 0.543. The third-order valence-corrected chi connectivity index (χ3v) is 2.72. The molecule has 0 heterocycles. The van der Waals surface area contributed by atoms with Crippen LogP contribution >= 0.6 is 0 Å². The molecule has 0 bridgehead atoms. The molecule has 88 valence electrons. The maximum atomic E-state index is 5.80. The van der Waals surface area contributed by atoms with E-state index in [1.165, 1.54) is 6.42 Å². The Morgan fingerprint density at radius 1 is 1.53 bits per heavy atom. The molecule has 4 heteroatoms. The van der Waals surface area contributed by atoms with Crippen LogP contribution in [0.15, 0.2) is 4.99 Å². The standard InChI is InChI=1S/C11H23N3O/c1-8(2)7-13-11(12)14-9-5-4-6-10(9)15-3/h8-10H,4-7H2,1-3H3,(H3,12,13,14). The van der Waals surface area contributed by atoms with Gasteiger partial charge < -0.3 is 15.8 Å². The minimum atomic E-state index is 0.290. The molecule has 1 aliphatic rings. The van der Waals surface area contributed by atoms with Crippen molar-refractivity contribution in [1.29, 1.82) is 0 Å². The highest BCUT2D eigenvalue weighted by atomic mass is 16.5. The largest absolute Gasteiger partial charge is 0.379 e. The van der Waals surface area contributed by atoms with Gasteiger partial charge in [-0.3, -0.25) is 4.99 Å². The van der Waals surface area contributed by atoms with Gasteiger partial charge in [0.1, 0.15) is 0 Å². The summed E-state index contributed by atoms with van der Waals surface area (Å²) in [6.07, 6.45) is 3.73. The average Bonchev–Trinajstić information content (AvgIpc) is 2.62. The van der Waals surface area contributed by atoms with Crippen LogP contribution in [0.2, 0.25) is 0 Å². The molecule has 4 nitrogen and oxygen atoms in total. The zero-order valence-electron chi connectivity index (χ0n) is 9.99. The fourth-order valence-corrected chi connectivity index (χ4v) is 1.89. The second-order valence-electron chi connectivity index (χ2n) is 4.58. The zero-order valence-corrected chi connectivity index (χ0v) is 9.99. The molecule has 0 aromatic carbocycles. The Balaban J connectivity index is 2.36. The van der Waals surface area contributed by atoms with Gasteiger partial charge in [-0.05, 0) is 25.2 Å².